The van der Waals surface area contributed by atoms with Crippen LogP contribution in [0.3, 0.4) is 0 Å². The number of anilines is 2. The predicted octanol–water partition coefficient (Wildman–Crippen LogP) is 1.84. The number of nitrogens with zero attached hydrogens (tertiary/aromatic N) is 4. The van der Waals surface area contributed by atoms with Crippen molar-refractivity contribution in [1.29, 1.82) is 0 Å². The molecule has 1 aliphatic carbocycles. The molecular formula is C19H23N5O3. The van der Waals surface area contributed by atoms with E-state index in [2.05, 4.69) is 22.1 Å². The lowest BCUT2D eigenvalue weighted by molar-refractivity contribution is 0.0713. The molecule has 1 unspecified atom stereocenters. The zero-order chi connectivity index (χ0) is 19.0. The van der Waals surface area contributed by atoms with E-state index in [1.54, 1.807) is 24.1 Å². The molecule has 1 fully saturated rings. The highest BCUT2D eigenvalue weighted by Crippen LogP contribution is 2.30. The number of ketones is 1. The number of furan rings is 1. The lowest BCUT2D eigenvalue weighted by Gasteiger charge is -2.35. The van der Waals surface area contributed by atoms with Gasteiger partial charge < -0.3 is 19.5 Å². The monoisotopic (exact) mass is 369 g/mol. The number of hydrogen-bond acceptors (Lipinski definition) is 7. The summed E-state index contributed by atoms with van der Waals surface area (Å²) in [7, 11) is 1.78. The highest BCUT2D eigenvalue weighted by molar-refractivity contribution is 6.02. The van der Waals surface area contributed by atoms with E-state index in [1.807, 2.05) is 0 Å². The highest BCUT2D eigenvalue weighted by atomic mass is 16.3. The molecule has 27 heavy (non-hydrogen) atoms. The number of amides is 1. The molecule has 2 aromatic heterocycles. The van der Waals surface area contributed by atoms with Gasteiger partial charge in [-0.3, -0.25) is 9.59 Å². The number of nitrogens with one attached hydrogen (secondary N) is 1. The molecule has 1 amide bonds. The molecule has 0 spiro atoms. The summed E-state index contributed by atoms with van der Waals surface area (Å²) in [5, 5.41) is 3.05. The Kier molecular flexibility index (Phi) is 4.55. The zero-order valence-corrected chi connectivity index (χ0v) is 15.6. The van der Waals surface area contributed by atoms with Gasteiger partial charge in [0.15, 0.2) is 11.5 Å². The minimum Gasteiger partial charge on any atom is -0.459 e. The van der Waals surface area contributed by atoms with Crippen LogP contribution in [-0.2, 0) is 6.42 Å². The Morgan fingerprint density at radius 3 is 2.67 bits per heavy atom. The van der Waals surface area contributed by atoms with Crippen molar-refractivity contribution in [3.05, 3.63) is 35.4 Å². The second-order valence-electron chi connectivity index (χ2n) is 7.14. The van der Waals surface area contributed by atoms with Gasteiger partial charge >= 0.3 is 0 Å². The normalized spacial score (nSPS) is 19.8. The molecular weight excluding hydrogens is 346 g/mol. The average Bonchev–Trinajstić information content (AvgIpc) is 3.21. The lowest BCUT2D eigenvalue weighted by atomic mass is 9.87. The molecule has 1 aliphatic heterocycles. The quantitative estimate of drug-likeness (QED) is 0.882. The first-order valence-corrected chi connectivity index (χ1v) is 9.26. The molecule has 0 saturated carbocycles. The van der Waals surface area contributed by atoms with E-state index in [-0.39, 0.29) is 11.7 Å². The fraction of sp³-hybridized carbons (Fsp3) is 0.474. The van der Waals surface area contributed by atoms with Crippen LogP contribution in [0.25, 0.3) is 0 Å². The average molecular weight is 369 g/mol. The Labute approximate surface area is 157 Å². The summed E-state index contributed by atoms with van der Waals surface area (Å²) < 4.78 is 5.20. The molecule has 0 aromatic carbocycles. The zero-order valence-electron chi connectivity index (χ0n) is 15.6. The molecule has 1 N–H and O–H groups in total. The van der Waals surface area contributed by atoms with Crippen LogP contribution < -0.4 is 10.2 Å². The Morgan fingerprint density at radius 2 is 2.00 bits per heavy atom. The Balaban J connectivity index is 1.52. The Bertz CT molecular complexity index is 856. The molecule has 142 valence electrons. The number of aromatic nitrogens is 2. The van der Waals surface area contributed by atoms with E-state index < -0.39 is 0 Å². The van der Waals surface area contributed by atoms with E-state index in [1.165, 1.54) is 6.26 Å². The number of piperazine rings is 1. The van der Waals surface area contributed by atoms with Crippen LogP contribution in [0.5, 0.6) is 0 Å². The minimum atomic E-state index is -0.0960. The fourth-order valence-electron chi connectivity index (χ4n) is 3.74. The standard InChI is InChI=1S/C19H23N5O3/c1-12-10-13-16(14(25)11-12)17(20-2)22-19(21-13)24-7-5-23(6-8-24)18(26)15-4-3-9-27-15/h3-4,9,12H,5-8,10-11H2,1-2H3,(H,20,21,22). The summed E-state index contributed by atoms with van der Waals surface area (Å²) in [5.41, 5.74) is 1.45. The molecule has 1 saturated heterocycles. The molecule has 0 radical (unpaired) electrons. The molecule has 8 heteroatoms. The first-order chi connectivity index (χ1) is 13.1. The van der Waals surface area contributed by atoms with Crippen LogP contribution in [0.4, 0.5) is 11.8 Å². The second kappa shape index (κ2) is 7.02. The topological polar surface area (TPSA) is 91.6 Å². The van der Waals surface area contributed by atoms with Crippen LogP contribution in [0, 0.1) is 5.92 Å². The first-order valence-electron chi connectivity index (χ1n) is 9.26. The van der Waals surface area contributed by atoms with Crippen molar-refractivity contribution in [2.75, 3.05) is 43.4 Å². The van der Waals surface area contributed by atoms with Crippen molar-refractivity contribution >= 4 is 23.5 Å². The molecule has 3 heterocycles. The van der Waals surface area contributed by atoms with Crippen molar-refractivity contribution < 1.29 is 14.0 Å². The van der Waals surface area contributed by atoms with Gasteiger partial charge in [0, 0.05) is 39.6 Å². The van der Waals surface area contributed by atoms with Gasteiger partial charge in [-0.25, -0.2) is 4.98 Å². The van der Waals surface area contributed by atoms with Gasteiger partial charge in [0.1, 0.15) is 5.82 Å². The summed E-state index contributed by atoms with van der Waals surface area (Å²) in [6.45, 7) is 4.49. The van der Waals surface area contributed by atoms with Gasteiger partial charge in [-0.2, -0.15) is 4.98 Å². The van der Waals surface area contributed by atoms with Crippen LogP contribution >= 0.6 is 0 Å². The van der Waals surface area contributed by atoms with Crippen LogP contribution in [0.1, 0.15) is 40.0 Å². The molecule has 2 aromatic rings. The summed E-state index contributed by atoms with van der Waals surface area (Å²) >= 11 is 0. The smallest absolute Gasteiger partial charge is 0.289 e. The second-order valence-corrected chi connectivity index (χ2v) is 7.14. The summed E-state index contributed by atoms with van der Waals surface area (Å²) in [5.74, 6) is 1.87. The molecule has 4 rings (SSSR count). The van der Waals surface area contributed by atoms with Gasteiger partial charge in [-0.1, -0.05) is 6.92 Å². The van der Waals surface area contributed by atoms with Gasteiger partial charge in [0.25, 0.3) is 5.91 Å². The van der Waals surface area contributed by atoms with Gasteiger partial charge in [0.05, 0.1) is 17.5 Å². The first kappa shape index (κ1) is 17.5. The molecule has 2 aliphatic rings. The van der Waals surface area contributed by atoms with Crippen molar-refractivity contribution in [3.63, 3.8) is 0 Å². The Hall–Kier alpha value is -2.90. The third kappa shape index (κ3) is 3.27. The van der Waals surface area contributed by atoms with E-state index in [0.717, 1.165) is 12.1 Å². The van der Waals surface area contributed by atoms with E-state index in [0.29, 0.717) is 61.6 Å². The van der Waals surface area contributed by atoms with Crippen molar-refractivity contribution in [3.8, 4) is 0 Å². The lowest BCUT2D eigenvalue weighted by Crippen LogP contribution is -2.49. The number of hydrogen-bond donors (Lipinski definition) is 1. The third-order valence-electron chi connectivity index (χ3n) is 5.15. The molecule has 0 bridgehead atoms. The maximum Gasteiger partial charge on any atom is 0.289 e. The third-order valence-corrected chi connectivity index (χ3v) is 5.15. The summed E-state index contributed by atoms with van der Waals surface area (Å²) in [6.07, 6.45) is 2.83. The van der Waals surface area contributed by atoms with E-state index in [4.69, 9.17) is 9.40 Å². The van der Waals surface area contributed by atoms with Gasteiger partial charge in [-0.15, -0.1) is 0 Å². The SMILES string of the molecule is CNc1nc(N2CCN(C(=O)c3ccco3)CC2)nc2c1C(=O)CC(C)C2. The van der Waals surface area contributed by atoms with Crippen molar-refractivity contribution in [2.24, 2.45) is 5.92 Å². The van der Waals surface area contributed by atoms with Crippen molar-refractivity contribution in [2.45, 2.75) is 19.8 Å². The number of carbonyl (C=O) groups excluding carboxylic acids is 2. The van der Waals surface area contributed by atoms with E-state index >= 15 is 0 Å². The fourth-order valence-corrected chi connectivity index (χ4v) is 3.74. The highest BCUT2D eigenvalue weighted by Gasteiger charge is 2.30. The van der Waals surface area contributed by atoms with Gasteiger partial charge in [-0.05, 0) is 24.5 Å². The minimum absolute atomic E-state index is 0.0960. The van der Waals surface area contributed by atoms with Crippen LogP contribution in [-0.4, -0.2) is 59.8 Å². The maximum absolute atomic E-state index is 12.4. The summed E-state index contributed by atoms with van der Waals surface area (Å²) in [4.78, 5) is 37.9. The predicted molar refractivity (Wildman–Crippen MR) is 100 cm³/mol. The molecule has 1 atom stereocenters. The summed E-state index contributed by atoms with van der Waals surface area (Å²) in [6, 6.07) is 3.39. The van der Waals surface area contributed by atoms with Crippen LogP contribution in [0.2, 0.25) is 0 Å². The number of fused-ring (bicyclic) bond motifs is 1. The molecule has 8 nitrogen and oxygen atoms in total. The van der Waals surface area contributed by atoms with Gasteiger partial charge in [0.2, 0.25) is 5.95 Å². The van der Waals surface area contributed by atoms with E-state index in [9.17, 15) is 9.59 Å². The number of Topliss-reactive ketones (excluding diaryl/α,β-unsaturated/α-hetero) is 1. The number of carbonyl (C=O) groups is 2. The maximum atomic E-state index is 12.4. The van der Waals surface area contributed by atoms with Crippen LogP contribution in [0.15, 0.2) is 22.8 Å². The number of rotatable bonds is 3. The Morgan fingerprint density at radius 1 is 1.22 bits per heavy atom. The van der Waals surface area contributed by atoms with Crippen molar-refractivity contribution in [1.82, 2.24) is 14.9 Å². The largest absolute Gasteiger partial charge is 0.459 e.